The van der Waals surface area contributed by atoms with Gasteiger partial charge in [0.2, 0.25) is 5.91 Å². The number of thiazole rings is 1. The van der Waals surface area contributed by atoms with Crippen molar-refractivity contribution in [2.45, 2.75) is 26.3 Å². The number of hydrogen-bond acceptors (Lipinski definition) is 8. The Morgan fingerprint density at radius 1 is 1.19 bits per heavy atom. The van der Waals surface area contributed by atoms with Crippen molar-refractivity contribution in [3.05, 3.63) is 59.6 Å². The molecule has 0 bridgehead atoms. The summed E-state index contributed by atoms with van der Waals surface area (Å²) in [5, 5.41) is 16.7. The predicted octanol–water partition coefficient (Wildman–Crippen LogP) is 3.22. The standard InChI is InChI=1S/C22H23N7O2S/c1-15-18(32-22(25-15)17-4-2-13-31-17)14-23-21(30)16-7-11-28(12-8-16)19-5-6-20(27-26-19)29-10-3-9-24-29/h2-6,9-10,13,16H,7-8,11-12,14H2,1H3,(H,23,30). The molecular weight excluding hydrogens is 426 g/mol. The smallest absolute Gasteiger partial charge is 0.223 e. The zero-order valence-corrected chi connectivity index (χ0v) is 18.5. The number of carbonyl (C=O) groups excluding carboxylic acids is 1. The lowest BCUT2D eigenvalue weighted by Gasteiger charge is -2.31. The molecule has 0 aromatic carbocycles. The van der Waals surface area contributed by atoms with Gasteiger partial charge in [0.1, 0.15) is 0 Å². The van der Waals surface area contributed by atoms with Crippen LogP contribution in [0.5, 0.6) is 0 Å². The zero-order chi connectivity index (χ0) is 21.9. The molecule has 0 aliphatic carbocycles. The van der Waals surface area contributed by atoms with E-state index in [2.05, 4.69) is 30.5 Å². The molecule has 1 aliphatic heterocycles. The molecule has 0 radical (unpaired) electrons. The van der Waals surface area contributed by atoms with Crippen LogP contribution in [0.15, 0.2) is 53.4 Å². The van der Waals surface area contributed by atoms with Crippen LogP contribution in [0.2, 0.25) is 0 Å². The van der Waals surface area contributed by atoms with E-state index < -0.39 is 0 Å². The molecule has 1 N–H and O–H groups in total. The van der Waals surface area contributed by atoms with Gasteiger partial charge in [0.25, 0.3) is 0 Å². The van der Waals surface area contributed by atoms with E-state index >= 15 is 0 Å². The SMILES string of the molecule is Cc1nc(-c2ccco2)sc1CNC(=O)C1CCN(c2ccc(-n3cccn3)nn2)CC1. The molecule has 1 amide bonds. The average molecular weight is 450 g/mol. The molecule has 0 unspecified atom stereocenters. The van der Waals surface area contributed by atoms with Crippen molar-refractivity contribution < 1.29 is 9.21 Å². The van der Waals surface area contributed by atoms with Gasteiger partial charge in [0, 0.05) is 36.3 Å². The molecule has 4 aromatic rings. The lowest BCUT2D eigenvalue weighted by Crippen LogP contribution is -2.40. The minimum atomic E-state index is 0.000304. The Bertz CT molecular complexity index is 1160. The molecule has 32 heavy (non-hydrogen) atoms. The highest BCUT2D eigenvalue weighted by atomic mass is 32.1. The first kappa shape index (κ1) is 20.4. The van der Waals surface area contributed by atoms with Crippen molar-refractivity contribution in [1.29, 1.82) is 0 Å². The maximum Gasteiger partial charge on any atom is 0.223 e. The number of hydrogen-bond donors (Lipinski definition) is 1. The maximum atomic E-state index is 12.7. The molecular formula is C22H23N7O2S. The van der Waals surface area contributed by atoms with Gasteiger partial charge in [-0.2, -0.15) is 5.10 Å². The van der Waals surface area contributed by atoms with Crippen molar-refractivity contribution in [3.63, 3.8) is 0 Å². The van der Waals surface area contributed by atoms with Crippen molar-refractivity contribution in [2.75, 3.05) is 18.0 Å². The highest BCUT2D eigenvalue weighted by Gasteiger charge is 2.26. The molecule has 10 heteroatoms. The highest BCUT2D eigenvalue weighted by molar-refractivity contribution is 7.15. The number of rotatable bonds is 6. The molecule has 1 aliphatic rings. The van der Waals surface area contributed by atoms with Gasteiger partial charge in [-0.15, -0.1) is 21.5 Å². The molecule has 9 nitrogen and oxygen atoms in total. The fraction of sp³-hybridized carbons (Fsp3) is 0.318. The average Bonchev–Trinajstić information content (AvgIpc) is 3.60. The van der Waals surface area contributed by atoms with E-state index in [9.17, 15) is 4.79 Å². The van der Waals surface area contributed by atoms with Gasteiger partial charge in [0.05, 0.1) is 18.5 Å². The fourth-order valence-electron chi connectivity index (χ4n) is 3.79. The Labute approximate surface area is 189 Å². The van der Waals surface area contributed by atoms with Crippen LogP contribution in [0, 0.1) is 12.8 Å². The summed E-state index contributed by atoms with van der Waals surface area (Å²) in [5.41, 5.74) is 0.925. The van der Waals surface area contributed by atoms with Crippen LogP contribution < -0.4 is 10.2 Å². The van der Waals surface area contributed by atoms with E-state index in [0.717, 1.165) is 53.1 Å². The van der Waals surface area contributed by atoms with E-state index in [1.165, 1.54) is 0 Å². The van der Waals surface area contributed by atoms with E-state index in [-0.39, 0.29) is 11.8 Å². The second kappa shape index (κ2) is 8.91. The zero-order valence-electron chi connectivity index (χ0n) is 17.6. The Hall–Kier alpha value is -3.53. The molecule has 1 fully saturated rings. The Morgan fingerprint density at radius 3 is 2.69 bits per heavy atom. The van der Waals surface area contributed by atoms with Gasteiger partial charge in [-0.25, -0.2) is 9.67 Å². The van der Waals surface area contributed by atoms with Crippen molar-refractivity contribution in [2.24, 2.45) is 5.92 Å². The summed E-state index contributed by atoms with van der Waals surface area (Å²) >= 11 is 1.55. The van der Waals surface area contributed by atoms with Gasteiger partial charge >= 0.3 is 0 Å². The molecule has 5 heterocycles. The fourth-order valence-corrected chi connectivity index (χ4v) is 4.76. The number of amides is 1. The van der Waals surface area contributed by atoms with Crippen LogP contribution in [0.3, 0.4) is 0 Å². The summed E-state index contributed by atoms with van der Waals surface area (Å²) in [6.07, 6.45) is 6.75. The van der Waals surface area contributed by atoms with E-state index in [0.29, 0.717) is 12.4 Å². The third-order valence-electron chi connectivity index (χ3n) is 5.61. The maximum absolute atomic E-state index is 12.7. The minimum absolute atomic E-state index is 0.000304. The van der Waals surface area contributed by atoms with Crippen LogP contribution in [-0.4, -0.2) is 44.0 Å². The van der Waals surface area contributed by atoms with Crippen molar-refractivity contribution in [3.8, 4) is 16.6 Å². The topological polar surface area (TPSA) is 102 Å². The summed E-state index contributed by atoms with van der Waals surface area (Å²) in [6.45, 7) is 4.00. The first-order valence-electron chi connectivity index (χ1n) is 10.5. The molecule has 0 spiro atoms. The van der Waals surface area contributed by atoms with E-state index in [1.807, 2.05) is 43.5 Å². The monoisotopic (exact) mass is 449 g/mol. The van der Waals surface area contributed by atoms with Crippen LogP contribution >= 0.6 is 11.3 Å². The summed E-state index contributed by atoms with van der Waals surface area (Å²) in [5.74, 6) is 2.35. The molecule has 0 saturated carbocycles. The number of nitrogens with zero attached hydrogens (tertiary/aromatic N) is 6. The Morgan fingerprint density at radius 2 is 2.00 bits per heavy atom. The van der Waals surface area contributed by atoms with E-state index in [1.54, 1.807) is 28.5 Å². The number of aryl methyl sites for hydroxylation is 1. The van der Waals surface area contributed by atoms with Crippen LogP contribution in [-0.2, 0) is 11.3 Å². The molecule has 164 valence electrons. The Balaban J connectivity index is 1.13. The van der Waals surface area contributed by atoms with Gasteiger partial charge in [-0.3, -0.25) is 4.79 Å². The summed E-state index contributed by atoms with van der Waals surface area (Å²) in [7, 11) is 0. The van der Waals surface area contributed by atoms with Crippen molar-refractivity contribution >= 4 is 23.1 Å². The summed E-state index contributed by atoms with van der Waals surface area (Å²) in [4.78, 5) is 20.5. The molecule has 1 saturated heterocycles. The first-order chi connectivity index (χ1) is 15.7. The van der Waals surface area contributed by atoms with E-state index in [4.69, 9.17) is 4.42 Å². The van der Waals surface area contributed by atoms with Gasteiger partial charge in [0.15, 0.2) is 22.4 Å². The van der Waals surface area contributed by atoms with Crippen molar-refractivity contribution in [1.82, 2.24) is 30.3 Å². The third-order valence-corrected chi connectivity index (χ3v) is 6.79. The van der Waals surface area contributed by atoms with Gasteiger partial charge < -0.3 is 14.6 Å². The largest absolute Gasteiger partial charge is 0.462 e. The van der Waals surface area contributed by atoms with Crippen LogP contribution in [0.25, 0.3) is 16.6 Å². The molecule has 0 atom stereocenters. The lowest BCUT2D eigenvalue weighted by atomic mass is 9.96. The number of aromatic nitrogens is 5. The number of anilines is 1. The lowest BCUT2D eigenvalue weighted by molar-refractivity contribution is -0.125. The number of furan rings is 1. The number of carbonyl (C=O) groups is 1. The molecule has 5 rings (SSSR count). The van der Waals surface area contributed by atoms with Crippen LogP contribution in [0.4, 0.5) is 5.82 Å². The van der Waals surface area contributed by atoms with Crippen LogP contribution in [0.1, 0.15) is 23.4 Å². The minimum Gasteiger partial charge on any atom is -0.462 e. The summed E-state index contributed by atoms with van der Waals surface area (Å²) in [6, 6.07) is 9.44. The number of piperidine rings is 1. The first-order valence-corrected chi connectivity index (χ1v) is 11.4. The molecule has 4 aromatic heterocycles. The van der Waals surface area contributed by atoms with Gasteiger partial charge in [-0.1, -0.05) is 0 Å². The quantitative estimate of drug-likeness (QED) is 0.482. The second-order valence-electron chi connectivity index (χ2n) is 7.68. The highest BCUT2D eigenvalue weighted by Crippen LogP contribution is 2.28. The third kappa shape index (κ3) is 4.26. The summed E-state index contributed by atoms with van der Waals surface area (Å²) < 4.78 is 7.10. The predicted molar refractivity (Wildman–Crippen MR) is 120 cm³/mol. The Kier molecular flexibility index (Phi) is 5.68. The normalized spacial score (nSPS) is 14.6. The number of nitrogens with one attached hydrogen (secondary N) is 1. The van der Waals surface area contributed by atoms with Gasteiger partial charge in [-0.05, 0) is 50.1 Å². The second-order valence-corrected chi connectivity index (χ2v) is 8.77.